The number of pyridine rings is 1. The van der Waals surface area contributed by atoms with Crippen molar-refractivity contribution >= 4 is 37.6 Å². The molecule has 1 heterocycles. The van der Waals surface area contributed by atoms with E-state index in [9.17, 15) is 4.79 Å². The summed E-state index contributed by atoms with van der Waals surface area (Å²) in [5.74, 6) is 0.110. The first kappa shape index (κ1) is 14.4. The number of carbonyl (C=O) groups is 1. The summed E-state index contributed by atoms with van der Waals surface area (Å²) in [4.78, 5) is 16.4. The molecule has 0 saturated carbocycles. The van der Waals surface area contributed by atoms with Crippen LogP contribution in [-0.2, 0) is 6.42 Å². The number of hydrogen-bond donors (Lipinski definition) is 0. The Morgan fingerprint density at radius 3 is 2.32 bits per heavy atom. The molecule has 0 aliphatic carbocycles. The average molecular weight is 383 g/mol. The van der Waals surface area contributed by atoms with E-state index >= 15 is 0 Å². The van der Waals surface area contributed by atoms with Crippen LogP contribution in [0.5, 0.6) is 0 Å². The van der Waals surface area contributed by atoms with Gasteiger partial charge < -0.3 is 0 Å². The van der Waals surface area contributed by atoms with Crippen molar-refractivity contribution in [3.8, 4) is 0 Å². The third-order valence-electron chi connectivity index (χ3n) is 2.88. The molecule has 0 spiro atoms. The van der Waals surface area contributed by atoms with Gasteiger partial charge in [0.2, 0.25) is 0 Å². The minimum absolute atomic E-state index is 0.110. The first-order valence-corrected chi connectivity index (χ1v) is 7.45. The fraction of sp³-hybridized carbons (Fsp3) is 0.200. The molecule has 0 bridgehead atoms. The Labute approximate surface area is 129 Å². The van der Waals surface area contributed by atoms with Gasteiger partial charge in [0, 0.05) is 33.3 Å². The molecule has 2 rings (SSSR count). The van der Waals surface area contributed by atoms with Gasteiger partial charge in [-0.1, -0.05) is 15.9 Å². The molecule has 98 valence electrons. The van der Waals surface area contributed by atoms with Crippen molar-refractivity contribution in [3.05, 3.63) is 61.8 Å². The average Bonchev–Trinajstić information content (AvgIpc) is 2.35. The lowest BCUT2D eigenvalue weighted by molar-refractivity contribution is 0.0992. The Balaban J connectivity index is 2.25. The van der Waals surface area contributed by atoms with Gasteiger partial charge in [-0.15, -0.1) is 0 Å². The highest BCUT2D eigenvalue weighted by atomic mass is 79.9. The van der Waals surface area contributed by atoms with Gasteiger partial charge in [-0.25, -0.2) is 0 Å². The van der Waals surface area contributed by atoms with Gasteiger partial charge in [-0.2, -0.15) is 0 Å². The van der Waals surface area contributed by atoms with Gasteiger partial charge >= 0.3 is 0 Å². The molecule has 2 nitrogen and oxygen atoms in total. The highest BCUT2D eigenvalue weighted by molar-refractivity contribution is 9.10. The molecular weight excluding hydrogens is 370 g/mol. The zero-order chi connectivity index (χ0) is 14.0. The monoisotopic (exact) mass is 381 g/mol. The Morgan fingerprint density at radius 1 is 1.11 bits per heavy atom. The van der Waals surface area contributed by atoms with Crippen molar-refractivity contribution in [3.63, 3.8) is 0 Å². The molecule has 0 unspecified atom stereocenters. The van der Waals surface area contributed by atoms with E-state index in [0.29, 0.717) is 6.42 Å². The summed E-state index contributed by atoms with van der Waals surface area (Å²) in [5.41, 5.74) is 3.82. The summed E-state index contributed by atoms with van der Waals surface area (Å²) in [5, 5.41) is 0. The topological polar surface area (TPSA) is 30.0 Å². The lowest BCUT2D eigenvalue weighted by Crippen LogP contribution is -2.05. The van der Waals surface area contributed by atoms with Crippen LogP contribution in [-0.4, -0.2) is 10.8 Å². The van der Waals surface area contributed by atoms with E-state index in [2.05, 4.69) is 36.8 Å². The summed E-state index contributed by atoms with van der Waals surface area (Å²) < 4.78 is 1.95. The quantitative estimate of drug-likeness (QED) is 0.723. The number of ketones is 1. The van der Waals surface area contributed by atoms with Crippen LogP contribution in [0.4, 0.5) is 0 Å². The van der Waals surface area contributed by atoms with Gasteiger partial charge in [0.25, 0.3) is 0 Å². The molecule has 0 atom stereocenters. The molecule has 0 fully saturated rings. The zero-order valence-corrected chi connectivity index (χ0v) is 13.9. The van der Waals surface area contributed by atoms with E-state index in [-0.39, 0.29) is 5.78 Å². The number of nitrogens with zero attached hydrogens (tertiary/aromatic N) is 1. The number of Topliss-reactive ketones (excluding diaryl/α,β-unsaturated/α-hetero) is 1. The molecule has 0 radical (unpaired) electrons. The maximum absolute atomic E-state index is 12.3. The fourth-order valence-electron chi connectivity index (χ4n) is 1.95. The summed E-state index contributed by atoms with van der Waals surface area (Å²) >= 11 is 6.87. The first-order chi connectivity index (χ1) is 8.97. The zero-order valence-electron chi connectivity index (χ0n) is 10.7. The Kier molecular flexibility index (Phi) is 4.53. The summed E-state index contributed by atoms with van der Waals surface area (Å²) in [6.45, 7) is 3.99. The normalized spacial score (nSPS) is 10.5. The third kappa shape index (κ3) is 3.51. The predicted molar refractivity (Wildman–Crippen MR) is 83.6 cm³/mol. The fourth-order valence-corrected chi connectivity index (χ4v) is 2.59. The predicted octanol–water partition coefficient (Wildman–Crippen LogP) is 4.65. The lowest BCUT2D eigenvalue weighted by atomic mass is 10.0. The number of rotatable bonds is 3. The highest BCUT2D eigenvalue weighted by Gasteiger charge is 2.11. The second-order valence-electron chi connectivity index (χ2n) is 4.54. The number of benzene rings is 1. The van der Waals surface area contributed by atoms with Gasteiger partial charge in [0.05, 0.1) is 0 Å². The summed E-state index contributed by atoms with van der Waals surface area (Å²) in [7, 11) is 0. The van der Waals surface area contributed by atoms with Crippen LogP contribution in [0.1, 0.15) is 27.0 Å². The molecule has 1 aromatic heterocycles. The van der Waals surface area contributed by atoms with Crippen molar-refractivity contribution in [1.29, 1.82) is 0 Å². The SMILES string of the molecule is Cc1cc(C(=O)Cc2cncc(Br)c2)cc(C)c1Br. The van der Waals surface area contributed by atoms with E-state index in [1.54, 1.807) is 12.4 Å². The van der Waals surface area contributed by atoms with Crippen molar-refractivity contribution < 1.29 is 4.79 Å². The molecule has 0 amide bonds. The maximum atomic E-state index is 12.3. The molecule has 4 heteroatoms. The molecule has 19 heavy (non-hydrogen) atoms. The van der Waals surface area contributed by atoms with E-state index in [1.807, 2.05) is 32.0 Å². The van der Waals surface area contributed by atoms with Crippen LogP contribution in [0, 0.1) is 13.8 Å². The van der Waals surface area contributed by atoms with E-state index < -0.39 is 0 Å². The number of aryl methyl sites for hydroxylation is 2. The first-order valence-electron chi connectivity index (χ1n) is 5.86. The van der Waals surface area contributed by atoms with Crippen molar-refractivity contribution in [2.75, 3.05) is 0 Å². The number of hydrogen-bond acceptors (Lipinski definition) is 2. The van der Waals surface area contributed by atoms with Gasteiger partial charge in [0.15, 0.2) is 5.78 Å². The van der Waals surface area contributed by atoms with E-state index in [0.717, 1.165) is 31.2 Å². The van der Waals surface area contributed by atoms with Crippen LogP contribution in [0.2, 0.25) is 0 Å². The van der Waals surface area contributed by atoms with Crippen LogP contribution < -0.4 is 0 Å². The maximum Gasteiger partial charge on any atom is 0.167 e. The third-order valence-corrected chi connectivity index (χ3v) is 4.57. The van der Waals surface area contributed by atoms with E-state index in [1.165, 1.54) is 0 Å². The van der Waals surface area contributed by atoms with Gasteiger partial charge in [-0.05, 0) is 64.7 Å². The van der Waals surface area contributed by atoms with Crippen LogP contribution >= 0.6 is 31.9 Å². The Hall–Kier alpha value is -1.000. The molecule has 0 N–H and O–H groups in total. The molecule has 0 aliphatic heterocycles. The van der Waals surface area contributed by atoms with Crippen molar-refractivity contribution in [2.45, 2.75) is 20.3 Å². The number of aromatic nitrogens is 1. The largest absolute Gasteiger partial charge is 0.294 e. The number of carbonyl (C=O) groups excluding carboxylic acids is 1. The molecule has 2 aromatic rings. The molecular formula is C15H13Br2NO. The van der Waals surface area contributed by atoms with E-state index in [4.69, 9.17) is 0 Å². The van der Waals surface area contributed by atoms with Gasteiger partial charge in [-0.3, -0.25) is 9.78 Å². The highest BCUT2D eigenvalue weighted by Crippen LogP contribution is 2.23. The van der Waals surface area contributed by atoms with Crippen molar-refractivity contribution in [2.24, 2.45) is 0 Å². The Bertz CT molecular complexity index is 615. The smallest absolute Gasteiger partial charge is 0.167 e. The minimum atomic E-state index is 0.110. The minimum Gasteiger partial charge on any atom is -0.294 e. The lowest BCUT2D eigenvalue weighted by Gasteiger charge is -2.07. The molecule has 0 aliphatic rings. The summed E-state index contributed by atoms with van der Waals surface area (Å²) in [6, 6.07) is 5.76. The molecule has 0 saturated heterocycles. The van der Waals surface area contributed by atoms with Crippen LogP contribution in [0.3, 0.4) is 0 Å². The Morgan fingerprint density at radius 2 is 1.74 bits per heavy atom. The van der Waals surface area contributed by atoms with Crippen LogP contribution in [0.15, 0.2) is 39.5 Å². The standard InChI is InChI=1S/C15H13Br2NO/c1-9-3-12(4-10(2)15(9)17)14(19)6-11-5-13(16)8-18-7-11/h3-5,7-8H,6H2,1-2H3. The van der Waals surface area contributed by atoms with Crippen LogP contribution in [0.25, 0.3) is 0 Å². The van der Waals surface area contributed by atoms with Crippen molar-refractivity contribution in [1.82, 2.24) is 4.98 Å². The summed E-state index contributed by atoms with van der Waals surface area (Å²) in [6.07, 6.45) is 3.80. The second-order valence-corrected chi connectivity index (χ2v) is 6.24. The number of halogens is 2. The second kappa shape index (κ2) is 5.97. The van der Waals surface area contributed by atoms with Gasteiger partial charge in [0.1, 0.15) is 0 Å². The molecule has 1 aromatic carbocycles.